The van der Waals surface area contributed by atoms with E-state index in [4.69, 9.17) is 0 Å². The number of benzene rings is 1. The summed E-state index contributed by atoms with van der Waals surface area (Å²) in [7, 11) is 1.33. The van der Waals surface area contributed by atoms with Crippen molar-refractivity contribution in [3.8, 4) is 5.69 Å². The molecule has 1 atom stereocenters. The van der Waals surface area contributed by atoms with E-state index >= 15 is 0 Å². The minimum absolute atomic E-state index is 0.132. The van der Waals surface area contributed by atoms with Gasteiger partial charge >= 0.3 is 6.18 Å². The van der Waals surface area contributed by atoms with Crippen molar-refractivity contribution in [2.75, 3.05) is 6.54 Å². The number of nitrogens with zero attached hydrogens (tertiary/aromatic N) is 4. The van der Waals surface area contributed by atoms with E-state index in [-0.39, 0.29) is 6.54 Å². The van der Waals surface area contributed by atoms with E-state index in [0.29, 0.717) is 6.42 Å². The van der Waals surface area contributed by atoms with Crippen LogP contribution in [0.2, 0.25) is 0 Å². The number of hydrogen-bond acceptors (Lipinski definition) is 4. The van der Waals surface area contributed by atoms with Crippen LogP contribution in [0.5, 0.6) is 0 Å². The second-order valence-corrected chi connectivity index (χ2v) is 7.50. The quantitative estimate of drug-likeness (QED) is 0.598. The predicted octanol–water partition coefficient (Wildman–Crippen LogP) is 2.72. The number of aliphatic hydroxyl groups is 1. The fraction of sp³-hybridized carbons (Fsp3) is 0.381. The molecule has 0 aliphatic heterocycles. The first-order valence-corrected chi connectivity index (χ1v) is 9.67. The molecule has 2 N–H and O–H groups in total. The number of aromatic nitrogens is 4. The maximum absolute atomic E-state index is 13.5. The number of alkyl halides is 3. The second kappa shape index (κ2) is 8.54. The summed E-state index contributed by atoms with van der Waals surface area (Å²) in [5.41, 5.74) is 0.344. The molecule has 0 aliphatic rings. The molecule has 0 spiro atoms. The van der Waals surface area contributed by atoms with Crippen LogP contribution < -0.4 is 5.32 Å². The number of imidazole rings is 1. The summed E-state index contributed by atoms with van der Waals surface area (Å²) in [4.78, 5) is 15.7. The summed E-state index contributed by atoms with van der Waals surface area (Å²) in [6.45, 7) is 4.00. The van der Waals surface area contributed by atoms with Crippen molar-refractivity contribution < 1.29 is 23.1 Å². The monoisotopic (exact) mass is 435 g/mol. The van der Waals surface area contributed by atoms with Gasteiger partial charge in [0.1, 0.15) is 0 Å². The molecule has 7 nitrogen and oxygen atoms in total. The highest BCUT2D eigenvalue weighted by Gasteiger charge is 2.58. The normalized spacial score (nSPS) is 13.8. The Labute approximate surface area is 177 Å². The number of halogens is 3. The van der Waals surface area contributed by atoms with Gasteiger partial charge in [-0.15, -0.1) is 0 Å². The molecule has 2 heterocycles. The molecule has 0 saturated carbocycles. The van der Waals surface area contributed by atoms with Gasteiger partial charge in [0.15, 0.2) is 5.82 Å². The Balaban J connectivity index is 1.59. The van der Waals surface area contributed by atoms with E-state index in [9.17, 15) is 23.1 Å². The Morgan fingerprint density at radius 1 is 1.19 bits per heavy atom. The summed E-state index contributed by atoms with van der Waals surface area (Å²) in [6, 6.07) is 9.49. The molecule has 0 fully saturated rings. The van der Waals surface area contributed by atoms with Crippen LogP contribution in [0.25, 0.3) is 5.69 Å². The number of aryl methyl sites for hydroxylation is 3. The Hall–Kier alpha value is -3.14. The molecule has 166 valence electrons. The van der Waals surface area contributed by atoms with Gasteiger partial charge in [-0.25, -0.2) is 9.67 Å². The maximum atomic E-state index is 13.5. The fourth-order valence-electron chi connectivity index (χ4n) is 3.41. The zero-order valence-corrected chi connectivity index (χ0v) is 17.4. The average Bonchev–Trinajstić information content (AvgIpc) is 3.26. The van der Waals surface area contributed by atoms with Gasteiger partial charge in [-0.05, 0) is 44.0 Å². The van der Waals surface area contributed by atoms with Crippen molar-refractivity contribution in [1.29, 1.82) is 0 Å². The summed E-state index contributed by atoms with van der Waals surface area (Å²) in [5.74, 6) is -1.54. The van der Waals surface area contributed by atoms with Crippen LogP contribution in [0.1, 0.15) is 29.2 Å². The van der Waals surface area contributed by atoms with E-state index in [0.717, 1.165) is 33.4 Å². The Kier molecular flexibility index (Phi) is 6.21. The number of carbonyl (C=O) groups excluding carboxylic acids is 1. The molecule has 1 amide bonds. The standard InChI is InChI=1S/C21H24F3N5O2/c1-14-12-15(2)29(27-14)17-6-4-16(5-7-17)8-9-25-18(30)13-20(31,21(22,23)24)19-26-10-11-28(19)3/h4-7,10-12,31H,8-9,13H2,1-3H3,(H,25,30). The topological polar surface area (TPSA) is 85.0 Å². The first-order valence-electron chi connectivity index (χ1n) is 9.67. The van der Waals surface area contributed by atoms with Gasteiger partial charge in [-0.3, -0.25) is 4.79 Å². The number of hydrogen-bond donors (Lipinski definition) is 2. The van der Waals surface area contributed by atoms with E-state index in [1.54, 1.807) is 0 Å². The van der Waals surface area contributed by atoms with Crippen molar-refractivity contribution in [2.24, 2.45) is 7.05 Å². The molecule has 0 aliphatic carbocycles. The molecule has 10 heteroatoms. The first kappa shape index (κ1) is 22.5. The smallest absolute Gasteiger partial charge is 0.374 e. The van der Waals surface area contributed by atoms with Crippen LogP contribution in [0.4, 0.5) is 13.2 Å². The third-order valence-corrected chi connectivity index (χ3v) is 5.00. The lowest BCUT2D eigenvalue weighted by Gasteiger charge is -2.29. The lowest BCUT2D eigenvalue weighted by Crippen LogP contribution is -2.48. The SMILES string of the molecule is Cc1cc(C)n(-c2ccc(CCNC(=O)CC(O)(c3nccn3C)C(F)(F)F)cc2)n1. The molecule has 3 rings (SSSR count). The third-order valence-electron chi connectivity index (χ3n) is 5.00. The summed E-state index contributed by atoms with van der Waals surface area (Å²) < 4.78 is 43.4. The first-order chi connectivity index (χ1) is 14.5. The zero-order valence-electron chi connectivity index (χ0n) is 17.4. The van der Waals surface area contributed by atoms with Gasteiger partial charge in [0.05, 0.1) is 17.8 Å². The molecule has 31 heavy (non-hydrogen) atoms. The highest BCUT2D eigenvalue weighted by atomic mass is 19.4. The fourth-order valence-corrected chi connectivity index (χ4v) is 3.41. The van der Waals surface area contributed by atoms with Gasteiger partial charge in [-0.1, -0.05) is 12.1 Å². The summed E-state index contributed by atoms with van der Waals surface area (Å²) in [5, 5.41) is 17.1. The summed E-state index contributed by atoms with van der Waals surface area (Å²) >= 11 is 0. The lowest BCUT2D eigenvalue weighted by molar-refractivity contribution is -0.271. The van der Waals surface area contributed by atoms with Crippen LogP contribution in [0.3, 0.4) is 0 Å². The molecule has 3 aromatic rings. The summed E-state index contributed by atoms with van der Waals surface area (Å²) in [6.07, 6.45) is -3.38. The lowest BCUT2D eigenvalue weighted by atomic mass is 9.97. The zero-order chi connectivity index (χ0) is 22.8. The molecule has 1 unspecified atom stereocenters. The van der Waals surface area contributed by atoms with Gasteiger partial charge in [0.2, 0.25) is 11.5 Å². The molecular formula is C21H24F3N5O2. The third kappa shape index (κ3) is 4.79. The Morgan fingerprint density at radius 2 is 1.87 bits per heavy atom. The number of carbonyl (C=O) groups is 1. The Morgan fingerprint density at radius 3 is 2.39 bits per heavy atom. The van der Waals surface area contributed by atoms with E-state index in [2.05, 4.69) is 15.4 Å². The number of nitrogens with one attached hydrogen (secondary N) is 1. The van der Waals surface area contributed by atoms with Crippen molar-refractivity contribution >= 4 is 5.91 Å². The van der Waals surface area contributed by atoms with Crippen LogP contribution in [-0.4, -0.2) is 43.1 Å². The molecule has 0 bridgehead atoms. The van der Waals surface area contributed by atoms with Crippen LogP contribution >= 0.6 is 0 Å². The number of amides is 1. The van der Waals surface area contributed by atoms with E-state index in [1.165, 1.54) is 13.2 Å². The van der Waals surface area contributed by atoms with Crippen LogP contribution in [0, 0.1) is 13.8 Å². The molecule has 2 aromatic heterocycles. The molecule has 0 saturated heterocycles. The minimum atomic E-state index is -5.05. The van der Waals surface area contributed by atoms with Gasteiger partial charge in [0.25, 0.3) is 0 Å². The van der Waals surface area contributed by atoms with Gasteiger partial charge < -0.3 is 15.0 Å². The van der Waals surface area contributed by atoms with Crippen LogP contribution in [-0.2, 0) is 23.9 Å². The largest absolute Gasteiger partial charge is 0.425 e. The number of rotatable bonds is 7. The van der Waals surface area contributed by atoms with Crippen molar-refractivity contribution in [2.45, 2.75) is 38.5 Å². The van der Waals surface area contributed by atoms with Gasteiger partial charge in [-0.2, -0.15) is 18.3 Å². The van der Waals surface area contributed by atoms with Crippen molar-refractivity contribution in [3.05, 3.63) is 65.5 Å². The molecule has 0 radical (unpaired) electrons. The maximum Gasteiger partial charge on any atom is 0.425 e. The predicted molar refractivity (Wildman–Crippen MR) is 108 cm³/mol. The molecular weight excluding hydrogens is 411 g/mol. The Bertz CT molecular complexity index is 1060. The van der Waals surface area contributed by atoms with Gasteiger partial charge in [0, 0.05) is 31.7 Å². The average molecular weight is 435 g/mol. The highest BCUT2D eigenvalue weighted by Crippen LogP contribution is 2.40. The van der Waals surface area contributed by atoms with Crippen molar-refractivity contribution in [1.82, 2.24) is 24.6 Å². The second-order valence-electron chi connectivity index (χ2n) is 7.50. The minimum Gasteiger partial charge on any atom is -0.374 e. The van der Waals surface area contributed by atoms with E-state index in [1.807, 2.05) is 48.9 Å². The van der Waals surface area contributed by atoms with Crippen molar-refractivity contribution in [3.63, 3.8) is 0 Å². The van der Waals surface area contributed by atoms with Crippen LogP contribution in [0.15, 0.2) is 42.7 Å². The van der Waals surface area contributed by atoms with E-state index < -0.39 is 29.9 Å². The molecule has 1 aromatic carbocycles. The highest BCUT2D eigenvalue weighted by molar-refractivity contribution is 5.77.